The number of hydrogen-bond acceptors (Lipinski definition) is 6. The fourth-order valence-electron chi connectivity index (χ4n) is 2.44. The summed E-state index contributed by atoms with van der Waals surface area (Å²) < 4.78 is 23.3. The Hall–Kier alpha value is -1.73. The van der Waals surface area contributed by atoms with Crippen molar-refractivity contribution in [1.29, 1.82) is 0 Å². The van der Waals surface area contributed by atoms with Crippen LogP contribution in [0.15, 0.2) is 29.4 Å². The zero-order chi connectivity index (χ0) is 14.3. The Kier molecular flexibility index (Phi) is 3.10. The van der Waals surface area contributed by atoms with Crippen LogP contribution < -0.4 is 4.90 Å². The molecule has 106 valence electrons. The van der Waals surface area contributed by atoms with Crippen LogP contribution in [-0.2, 0) is 9.84 Å². The van der Waals surface area contributed by atoms with Crippen LogP contribution in [0.1, 0.15) is 6.42 Å². The molecular weight excluding hydrogens is 278 g/mol. The van der Waals surface area contributed by atoms with Gasteiger partial charge in [-0.05, 0) is 24.6 Å². The van der Waals surface area contributed by atoms with Gasteiger partial charge in [0.25, 0.3) is 0 Å². The molecule has 1 aliphatic heterocycles. The highest BCUT2D eigenvalue weighted by atomic mass is 32.2. The average Bonchev–Trinajstić information content (AvgIpc) is 2.83. The third-order valence-electron chi connectivity index (χ3n) is 3.48. The Morgan fingerprint density at radius 3 is 2.80 bits per heavy atom. The number of fused-ring (bicyclic) bond motifs is 1. The predicted octanol–water partition coefficient (Wildman–Crippen LogP) is 0.604. The number of sulfone groups is 1. The molecule has 0 spiro atoms. The van der Waals surface area contributed by atoms with Crippen molar-refractivity contribution in [3.8, 4) is 0 Å². The predicted molar refractivity (Wildman–Crippen MR) is 75.5 cm³/mol. The topological polar surface area (TPSA) is 83.4 Å². The summed E-state index contributed by atoms with van der Waals surface area (Å²) in [4.78, 5) is 10.6. The fourth-order valence-corrected chi connectivity index (χ4v) is 3.09. The van der Waals surface area contributed by atoms with E-state index in [1.165, 1.54) is 12.6 Å². The van der Waals surface area contributed by atoms with E-state index >= 15 is 0 Å². The van der Waals surface area contributed by atoms with Crippen LogP contribution in [0.5, 0.6) is 0 Å². The first-order valence-corrected chi connectivity index (χ1v) is 8.22. The molecule has 6 nitrogen and oxygen atoms in total. The average molecular weight is 293 g/mol. The molecule has 0 saturated carbocycles. The molecule has 7 heteroatoms. The quantitative estimate of drug-likeness (QED) is 0.873. The molecule has 1 aliphatic rings. The highest BCUT2D eigenvalue weighted by Crippen LogP contribution is 2.28. The van der Waals surface area contributed by atoms with Crippen LogP contribution in [-0.4, -0.2) is 48.9 Å². The van der Waals surface area contributed by atoms with E-state index in [-0.39, 0.29) is 11.0 Å². The normalized spacial score (nSPS) is 19.7. The van der Waals surface area contributed by atoms with Crippen LogP contribution >= 0.6 is 0 Å². The van der Waals surface area contributed by atoms with Gasteiger partial charge in [-0.1, -0.05) is 0 Å². The van der Waals surface area contributed by atoms with E-state index in [1.807, 2.05) is 4.90 Å². The second-order valence-electron chi connectivity index (χ2n) is 5.04. The molecule has 0 unspecified atom stereocenters. The third kappa shape index (κ3) is 2.34. The second kappa shape index (κ2) is 4.68. The van der Waals surface area contributed by atoms with Gasteiger partial charge in [0.15, 0.2) is 9.84 Å². The van der Waals surface area contributed by atoms with Gasteiger partial charge in [-0.3, -0.25) is 0 Å². The minimum atomic E-state index is -3.27. The van der Waals surface area contributed by atoms with Crippen molar-refractivity contribution < 1.29 is 13.5 Å². The maximum absolute atomic E-state index is 11.7. The zero-order valence-electron chi connectivity index (χ0n) is 11.0. The first-order valence-electron chi connectivity index (χ1n) is 6.33. The third-order valence-corrected chi connectivity index (χ3v) is 4.59. The van der Waals surface area contributed by atoms with Crippen LogP contribution in [0.25, 0.3) is 10.9 Å². The summed E-state index contributed by atoms with van der Waals surface area (Å²) in [6.07, 6.45) is 2.97. The summed E-state index contributed by atoms with van der Waals surface area (Å²) in [6.45, 7) is 1.21. The van der Waals surface area contributed by atoms with E-state index in [1.54, 1.807) is 18.2 Å². The number of benzene rings is 1. The summed E-state index contributed by atoms with van der Waals surface area (Å²) >= 11 is 0. The van der Waals surface area contributed by atoms with E-state index in [0.717, 1.165) is 0 Å². The fraction of sp³-hybridized carbons (Fsp3) is 0.385. The molecule has 1 atom stereocenters. The largest absolute Gasteiger partial charge is 0.391 e. The van der Waals surface area contributed by atoms with Crippen molar-refractivity contribution in [3.63, 3.8) is 0 Å². The van der Waals surface area contributed by atoms with Gasteiger partial charge in [0, 0.05) is 24.7 Å². The number of β-amino-alcohol motifs (C(OH)–C–C–N with tert-alkyl or cyclic N) is 1. The van der Waals surface area contributed by atoms with E-state index in [4.69, 9.17) is 0 Å². The highest BCUT2D eigenvalue weighted by molar-refractivity contribution is 7.90. The zero-order valence-corrected chi connectivity index (χ0v) is 11.8. The number of hydrogen-bond donors (Lipinski definition) is 1. The smallest absolute Gasteiger partial charge is 0.175 e. The minimum Gasteiger partial charge on any atom is -0.391 e. The molecule has 1 aromatic carbocycles. The van der Waals surface area contributed by atoms with E-state index in [2.05, 4.69) is 9.97 Å². The standard InChI is InChI=1S/C13H15N3O3S/c1-20(18,19)10-2-3-12-11(6-10)13(15-8-14-12)16-5-4-9(17)7-16/h2-3,6,8-9,17H,4-5,7H2,1H3/t9-/m1/s1. The lowest BCUT2D eigenvalue weighted by atomic mass is 10.2. The molecule has 1 fully saturated rings. The maximum Gasteiger partial charge on any atom is 0.175 e. The molecule has 1 saturated heterocycles. The summed E-state index contributed by atoms with van der Waals surface area (Å²) in [5.74, 6) is 0.678. The molecular formula is C13H15N3O3S. The van der Waals surface area contributed by atoms with Crippen LogP contribution in [0.2, 0.25) is 0 Å². The Balaban J connectivity index is 2.17. The number of nitrogens with zero attached hydrogens (tertiary/aromatic N) is 3. The van der Waals surface area contributed by atoms with Gasteiger partial charge in [-0.25, -0.2) is 18.4 Å². The molecule has 0 radical (unpaired) electrons. The van der Waals surface area contributed by atoms with E-state index in [9.17, 15) is 13.5 Å². The van der Waals surface area contributed by atoms with Crippen molar-refractivity contribution in [2.45, 2.75) is 17.4 Å². The SMILES string of the molecule is CS(=O)(=O)c1ccc2ncnc(N3CC[C@@H](O)C3)c2c1. The Morgan fingerprint density at radius 1 is 1.35 bits per heavy atom. The summed E-state index contributed by atoms with van der Waals surface area (Å²) in [6, 6.07) is 4.83. The number of rotatable bonds is 2. The first-order chi connectivity index (χ1) is 9.45. The highest BCUT2D eigenvalue weighted by Gasteiger charge is 2.23. The number of aliphatic hydroxyl groups excluding tert-OH is 1. The van der Waals surface area contributed by atoms with Crippen molar-refractivity contribution in [2.75, 3.05) is 24.2 Å². The Bertz CT molecular complexity index is 761. The van der Waals surface area contributed by atoms with Gasteiger partial charge in [-0.2, -0.15) is 0 Å². The van der Waals surface area contributed by atoms with Crippen molar-refractivity contribution in [3.05, 3.63) is 24.5 Å². The minimum absolute atomic E-state index is 0.251. The monoisotopic (exact) mass is 293 g/mol. The summed E-state index contributed by atoms with van der Waals surface area (Å²) in [5, 5.41) is 10.3. The lowest BCUT2D eigenvalue weighted by molar-refractivity contribution is 0.198. The van der Waals surface area contributed by atoms with Crippen LogP contribution in [0.3, 0.4) is 0 Å². The van der Waals surface area contributed by atoms with Crippen LogP contribution in [0, 0.1) is 0 Å². The van der Waals surface area contributed by atoms with Crippen molar-refractivity contribution in [2.24, 2.45) is 0 Å². The molecule has 0 bridgehead atoms. The van der Waals surface area contributed by atoms with Crippen LogP contribution in [0.4, 0.5) is 5.82 Å². The van der Waals surface area contributed by atoms with Gasteiger partial charge in [-0.15, -0.1) is 0 Å². The van der Waals surface area contributed by atoms with Gasteiger partial charge in [0.1, 0.15) is 12.1 Å². The summed E-state index contributed by atoms with van der Waals surface area (Å²) in [7, 11) is -3.27. The van der Waals surface area contributed by atoms with Gasteiger partial charge < -0.3 is 10.0 Å². The first kappa shape index (κ1) is 13.3. The Labute approximate surface area is 117 Å². The maximum atomic E-state index is 11.7. The number of anilines is 1. The molecule has 0 amide bonds. The van der Waals surface area contributed by atoms with Gasteiger partial charge >= 0.3 is 0 Å². The molecule has 1 aromatic heterocycles. The molecule has 20 heavy (non-hydrogen) atoms. The van der Waals surface area contributed by atoms with Crippen molar-refractivity contribution >= 4 is 26.6 Å². The number of aromatic nitrogens is 2. The Morgan fingerprint density at radius 2 is 2.15 bits per heavy atom. The molecule has 3 rings (SSSR count). The summed E-state index contributed by atoms with van der Waals surface area (Å²) in [5.41, 5.74) is 0.698. The molecule has 1 N–H and O–H groups in total. The van der Waals surface area contributed by atoms with E-state index in [0.29, 0.717) is 36.2 Å². The van der Waals surface area contributed by atoms with Crippen molar-refractivity contribution in [1.82, 2.24) is 9.97 Å². The molecule has 2 heterocycles. The van der Waals surface area contributed by atoms with E-state index < -0.39 is 9.84 Å². The lowest BCUT2D eigenvalue weighted by Crippen LogP contribution is -2.22. The second-order valence-corrected chi connectivity index (χ2v) is 7.05. The lowest BCUT2D eigenvalue weighted by Gasteiger charge is -2.18. The van der Waals surface area contributed by atoms with Gasteiger partial charge in [0.05, 0.1) is 16.5 Å². The molecule has 2 aromatic rings. The molecule has 0 aliphatic carbocycles. The van der Waals surface area contributed by atoms with Gasteiger partial charge in [0.2, 0.25) is 0 Å². The number of aliphatic hydroxyl groups is 1.